The average molecular weight is 322 g/mol. The molecule has 0 bridgehead atoms. The minimum absolute atomic E-state index is 0.0530. The third-order valence-corrected chi connectivity index (χ3v) is 3.94. The number of rotatable bonds is 2. The van der Waals surface area contributed by atoms with Gasteiger partial charge in [-0.15, -0.1) is 0 Å². The molecule has 2 atom stereocenters. The van der Waals surface area contributed by atoms with E-state index in [0.29, 0.717) is 10.0 Å². The van der Waals surface area contributed by atoms with E-state index in [4.69, 9.17) is 27.9 Å². The summed E-state index contributed by atoms with van der Waals surface area (Å²) in [6.45, 7) is 0.0530. The minimum Gasteiger partial charge on any atom is -0.361 e. The van der Waals surface area contributed by atoms with Crippen LogP contribution in [0, 0.1) is 0 Å². The van der Waals surface area contributed by atoms with Crippen LogP contribution < -0.4 is 5.32 Å². The molecule has 0 aliphatic carbocycles. The molecule has 0 saturated carbocycles. The lowest BCUT2D eigenvalue weighted by molar-refractivity contribution is -0.137. The topological polar surface area (TPSA) is 38.3 Å². The summed E-state index contributed by atoms with van der Waals surface area (Å²) >= 11 is 11.8. The van der Waals surface area contributed by atoms with E-state index in [1.807, 2.05) is 36.4 Å². The van der Waals surface area contributed by atoms with E-state index in [9.17, 15) is 4.79 Å². The van der Waals surface area contributed by atoms with Crippen LogP contribution in [0.15, 0.2) is 48.5 Å². The van der Waals surface area contributed by atoms with Gasteiger partial charge in [-0.25, -0.2) is 0 Å². The standard InChI is InChI=1S/C16H13Cl2NO2/c17-12-5-1-10(2-6-12)15-16(21-9-14(20)19-15)11-3-7-13(18)8-4-11/h1-8,15-16H,9H2,(H,19,20)/t15-,16?/m1/s1. The lowest BCUT2D eigenvalue weighted by atomic mass is 9.94. The van der Waals surface area contributed by atoms with Crippen LogP contribution in [0.5, 0.6) is 0 Å². The molecule has 21 heavy (non-hydrogen) atoms. The number of amides is 1. The maximum absolute atomic E-state index is 11.7. The number of carbonyl (C=O) groups is 1. The summed E-state index contributed by atoms with van der Waals surface area (Å²) in [5.41, 5.74) is 1.92. The van der Waals surface area contributed by atoms with Crippen molar-refractivity contribution in [1.29, 1.82) is 0 Å². The van der Waals surface area contributed by atoms with E-state index in [2.05, 4.69) is 5.32 Å². The van der Waals surface area contributed by atoms with Crippen molar-refractivity contribution in [3.05, 3.63) is 69.7 Å². The molecular weight excluding hydrogens is 309 g/mol. The van der Waals surface area contributed by atoms with Crippen molar-refractivity contribution < 1.29 is 9.53 Å². The maximum atomic E-state index is 11.7. The SMILES string of the molecule is O=C1COC(c2ccc(Cl)cc2)[C@@H](c2ccc(Cl)cc2)N1. The summed E-state index contributed by atoms with van der Waals surface area (Å²) in [5.74, 6) is -0.125. The molecule has 0 aromatic heterocycles. The van der Waals surface area contributed by atoms with Gasteiger partial charge in [0.25, 0.3) is 0 Å². The molecular formula is C16H13Cl2NO2. The fourth-order valence-electron chi connectivity index (χ4n) is 2.42. The van der Waals surface area contributed by atoms with Gasteiger partial charge in [-0.3, -0.25) is 4.79 Å². The molecule has 3 rings (SSSR count). The number of ether oxygens (including phenoxy) is 1. The molecule has 1 fully saturated rings. The molecule has 1 unspecified atom stereocenters. The van der Waals surface area contributed by atoms with Crippen LogP contribution in [-0.4, -0.2) is 12.5 Å². The van der Waals surface area contributed by atoms with Gasteiger partial charge in [0.05, 0.1) is 6.04 Å². The normalized spacial score (nSPS) is 21.9. The highest BCUT2D eigenvalue weighted by molar-refractivity contribution is 6.30. The van der Waals surface area contributed by atoms with Crippen LogP contribution in [-0.2, 0) is 9.53 Å². The first-order valence-corrected chi connectivity index (χ1v) is 7.31. The van der Waals surface area contributed by atoms with Crippen LogP contribution in [0.1, 0.15) is 23.3 Å². The summed E-state index contributed by atoms with van der Waals surface area (Å²) < 4.78 is 5.73. The van der Waals surface area contributed by atoms with Crippen molar-refractivity contribution in [3.8, 4) is 0 Å². The van der Waals surface area contributed by atoms with Crippen LogP contribution >= 0.6 is 23.2 Å². The predicted octanol–water partition coefficient (Wildman–Crippen LogP) is 3.92. The molecule has 0 spiro atoms. The average Bonchev–Trinajstić information content (AvgIpc) is 2.49. The fourth-order valence-corrected chi connectivity index (χ4v) is 2.67. The van der Waals surface area contributed by atoms with Crippen molar-refractivity contribution in [2.75, 3.05) is 6.61 Å². The molecule has 1 amide bonds. The summed E-state index contributed by atoms with van der Waals surface area (Å²) in [6.07, 6.45) is -0.249. The smallest absolute Gasteiger partial charge is 0.246 e. The first-order chi connectivity index (χ1) is 10.1. The third kappa shape index (κ3) is 3.21. The Bertz CT molecular complexity index is 640. The van der Waals surface area contributed by atoms with Gasteiger partial charge in [0.2, 0.25) is 5.91 Å². The van der Waals surface area contributed by atoms with E-state index in [-0.39, 0.29) is 24.7 Å². The molecule has 5 heteroatoms. The highest BCUT2D eigenvalue weighted by atomic mass is 35.5. The molecule has 1 heterocycles. The Morgan fingerprint density at radius 1 is 0.905 bits per heavy atom. The molecule has 1 aliphatic heterocycles. The zero-order valence-corrected chi connectivity index (χ0v) is 12.6. The molecule has 1 saturated heterocycles. The number of hydrogen-bond donors (Lipinski definition) is 1. The van der Waals surface area contributed by atoms with Gasteiger partial charge in [0.15, 0.2) is 0 Å². The first kappa shape index (κ1) is 14.4. The number of halogens is 2. The maximum Gasteiger partial charge on any atom is 0.246 e. The summed E-state index contributed by atoms with van der Waals surface area (Å²) in [5, 5.41) is 4.30. The Labute approximate surface area is 132 Å². The molecule has 108 valence electrons. The van der Waals surface area contributed by atoms with Crippen LogP contribution in [0.4, 0.5) is 0 Å². The van der Waals surface area contributed by atoms with Gasteiger partial charge < -0.3 is 10.1 Å². The number of benzene rings is 2. The first-order valence-electron chi connectivity index (χ1n) is 6.55. The Morgan fingerprint density at radius 2 is 1.43 bits per heavy atom. The van der Waals surface area contributed by atoms with E-state index in [1.165, 1.54) is 0 Å². The van der Waals surface area contributed by atoms with Gasteiger partial charge in [-0.1, -0.05) is 47.5 Å². The Balaban J connectivity index is 1.94. The van der Waals surface area contributed by atoms with Crippen LogP contribution in [0.3, 0.4) is 0 Å². The lowest BCUT2D eigenvalue weighted by Crippen LogP contribution is -2.41. The second-order valence-corrected chi connectivity index (χ2v) is 5.75. The fraction of sp³-hybridized carbons (Fsp3) is 0.188. The largest absolute Gasteiger partial charge is 0.361 e. The Hall–Kier alpha value is -1.55. The summed E-state index contributed by atoms with van der Waals surface area (Å²) in [6, 6.07) is 14.6. The molecule has 2 aromatic carbocycles. The predicted molar refractivity (Wildman–Crippen MR) is 82.5 cm³/mol. The van der Waals surface area contributed by atoms with E-state index in [1.54, 1.807) is 12.1 Å². The molecule has 1 aliphatic rings. The summed E-state index contributed by atoms with van der Waals surface area (Å²) in [4.78, 5) is 11.7. The molecule has 1 N–H and O–H groups in total. The Kier molecular flexibility index (Phi) is 4.15. The van der Waals surface area contributed by atoms with Crippen molar-refractivity contribution in [2.45, 2.75) is 12.1 Å². The monoisotopic (exact) mass is 321 g/mol. The second-order valence-electron chi connectivity index (χ2n) is 4.88. The van der Waals surface area contributed by atoms with Gasteiger partial charge >= 0.3 is 0 Å². The van der Waals surface area contributed by atoms with Crippen molar-refractivity contribution in [2.24, 2.45) is 0 Å². The zero-order chi connectivity index (χ0) is 14.8. The number of hydrogen-bond acceptors (Lipinski definition) is 2. The molecule has 0 radical (unpaired) electrons. The van der Waals surface area contributed by atoms with E-state index < -0.39 is 0 Å². The van der Waals surface area contributed by atoms with Crippen molar-refractivity contribution in [1.82, 2.24) is 5.32 Å². The number of carbonyl (C=O) groups excluding carboxylic acids is 1. The second kappa shape index (κ2) is 6.06. The quantitative estimate of drug-likeness (QED) is 0.910. The number of morpholine rings is 1. The molecule has 2 aromatic rings. The Morgan fingerprint density at radius 3 is 2.00 bits per heavy atom. The van der Waals surface area contributed by atoms with E-state index >= 15 is 0 Å². The van der Waals surface area contributed by atoms with Crippen LogP contribution in [0.25, 0.3) is 0 Å². The van der Waals surface area contributed by atoms with Gasteiger partial charge in [-0.2, -0.15) is 0 Å². The summed E-state index contributed by atoms with van der Waals surface area (Å²) in [7, 11) is 0. The molecule has 3 nitrogen and oxygen atoms in total. The van der Waals surface area contributed by atoms with Crippen molar-refractivity contribution in [3.63, 3.8) is 0 Å². The van der Waals surface area contributed by atoms with Crippen molar-refractivity contribution >= 4 is 29.1 Å². The van der Waals surface area contributed by atoms with Gasteiger partial charge in [0, 0.05) is 10.0 Å². The van der Waals surface area contributed by atoms with E-state index in [0.717, 1.165) is 11.1 Å². The highest BCUT2D eigenvalue weighted by Crippen LogP contribution is 2.35. The number of nitrogens with one attached hydrogen (secondary N) is 1. The van der Waals surface area contributed by atoms with Gasteiger partial charge in [-0.05, 0) is 35.4 Å². The highest BCUT2D eigenvalue weighted by Gasteiger charge is 2.31. The zero-order valence-electron chi connectivity index (χ0n) is 11.1. The minimum atomic E-state index is -0.249. The third-order valence-electron chi connectivity index (χ3n) is 3.44. The van der Waals surface area contributed by atoms with Gasteiger partial charge in [0.1, 0.15) is 12.7 Å². The van der Waals surface area contributed by atoms with Crippen LogP contribution in [0.2, 0.25) is 10.0 Å². The lowest BCUT2D eigenvalue weighted by Gasteiger charge is -2.33.